The molecule has 0 aliphatic carbocycles. The van der Waals surface area contributed by atoms with Gasteiger partial charge in [-0.25, -0.2) is 0 Å². The summed E-state index contributed by atoms with van der Waals surface area (Å²) in [5.41, 5.74) is 2.26. The monoisotopic (exact) mass is 351 g/mol. The Morgan fingerprint density at radius 2 is 2.04 bits per heavy atom. The van der Waals surface area contributed by atoms with Crippen LogP contribution in [0.5, 0.6) is 0 Å². The van der Waals surface area contributed by atoms with Crippen molar-refractivity contribution in [1.82, 2.24) is 10.6 Å². The summed E-state index contributed by atoms with van der Waals surface area (Å²) in [6, 6.07) is 13.3. The molecule has 0 spiro atoms. The lowest BCUT2D eigenvalue weighted by Gasteiger charge is -2.20. The smallest absolute Gasteiger partial charge is 0.287 e. The average molecular weight is 351 g/mol. The molecule has 2 bridgehead atoms. The molecule has 1 amide bonds. The van der Waals surface area contributed by atoms with E-state index in [0.29, 0.717) is 17.8 Å². The van der Waals surface area contributed by atoms with Crippen LogP contribution in [0.25, 0.3) is 11.3 Å². The third kappa shape index (κ3) is 2.90. The molecule has 136 valence electrons. The molecular formula is C21H25N3O2. The maximum absolute atomic E-state index is 12.6. The Kier molecular flexibility index (Phi) is 3.97. The first-order chi connectivity index (χ1) is 12.8. The number of carbonyl (C=O) groups excluding carboxylic acids is 1. The SMILES string of the molecule is O=C(N[C@@H]1C[C@H]2CC[C@@H]1N2)c1ccc(-c2cccc(N3CCCC3)c2)o1. The van der Waals surface area contributed by atoms with Crippen LogP contribution in [0, 0.1) is 0 Å². The van der Waals surface area contributed by atoms with Crippen LogP contribution in [-0.2, 0) is 0 Å². The van der Waals surface area contributed by atoms with Gasteiger partial charge in [0, 0.05) is 42.5 Å². The number of carbonyl (C=O) groups is 1. The zero-order chi connectivity index (χ0) is 17.5. The quantitative estimate of drug-likeness (QED) is 0.888. The highest BCUT2D eigenvalue weighted by Gasteiger charge is 2.39. The zero-order valence-corrected chi connectivity index (χ0v) is 14.9. The fraction of sp³-hybridized carbons (Fsp3) is 0.476. The molecule has 5 rings (SSSR count). The molecule has 3 fully saturated rings. The second-order valence-corrected chi connectivity index (χ2v) is 7.77. The van der Waals surface area contributed by atoms with E-state index in [1.54, 1.807) is 6.07 Å². The van der Waals surface area contributed by atoms with Crippen molar-refractivity contribution in [3.8, 4) is 11.3 Å². The summed E-state index contributed by atoms with van der Waals surface area (Å²) in [5.74, 6) is 1.04. The third-order valence-corrected chi connectivity index (χ3v) is 6.05. The normalized spacial score (nSPS) is 27.2. The molecule has 2 N–H and O–H groups in total. The van der Waals surface area contributed by atoms with Gasteiger partial charge in [-0.1, -0.05) is 12.1 Å². The molecule has 5 heteroatoms. The number of benzene rings is 1. The van der Waals surface area contributed by atoms with Gasteiger partial charge in [-0.2, -0.15) is 0 Å². The largest absolute Gasteiger partial charge is 0.451 e. The van der Waals surface area contributed by atoms with Gasteiger partial charge in [0.1, 0.15) is 5.76 Å². The number of nitrogens with zero attached hydrogens (tertiary/aromatic N) is 1. The van der Waals surface area contributed by atoms with Gasteiger partial charge in [-0.15, -0.1) is 0 Å². The first-order valence-electron chi connectivity index (χ1n) is 9.78. The summed E-state index contributed by atoms with van der Waals surface area (Å²) in [6.45, 7) is 2.24. The van der Waals surface area contributed by atoms with Gasteiger partial charge in [0.15, 0.2) is 5.76 Å². The van der Waals surface area contributed by atoms with Crippen LogP contribution < -0.4 is 15.5 Å². The van der Waals surface area contributed by atoms with Gasteiger partial charge < -0.3 is 20.0 Å². The van der Waals surface area contributed by atoms with Crippen molar-refractivity contribution < 1.29 is 9.21 Å². The van der Waals surface area contributed by atoms with Gasteiger partial charge in [-0.3, -0.25) is 4.79 Å². The lowest BCUT2D eigenvalue weighted by molar-refractivity contribution is 0.0903. The molecule has 3 aliphatic rings. The van der Waals surface area contributed by atoms with Crippen molar-refractivity contribution >= 4 is 11.6 Å². The van der Waals surface area contributed by atoms with E-state index in [0.717, 1.165) is 37.3 Å². The predicted octanol–water partition coefficient (Wildman–Crippen LogP) is 3.17. The molecule has 26 heavy (non-hydrogen) atoms. The van der Waals surface area contributed by atoms with Gasteiger partial charge in [0.05, 0.1) is 0 Å². The average Bonchev–Trinajstić information content (AvgIpc) is 3.46. The molecule has 1 aromatic heterocycles. The van der Waals surface area contributed by atoms with Crippen molar-refractivity contribution in [3.05, 3.63) is 42.2 Å². The molecule has 0 radical (unpaired) electrons. The van der Waals surface area contributed by atoms with Crippen molar-refractivity contribution in [2.45, 2.75) is 50.2 Å². The Balaban J connectivity index is 1.30. The van der Waals surface area contributed by atoms with E-state index in [9.17, 15) is 4.79 Å². The maximum atomic E-state index is 12.6. The van der Waals surface area contributed by atoms with E-state index >= 15 is 0 Å². The summed E-state index contributed by atoms with van der Waals surface area (Å²) in [6.07, 6.45) is 5.93. The topological polar surface area (TPSA) is 57.5 Å². The lowest BCUT2D eigenvalue weighted by Crippen LogP contribution is -2.42. The van der Waals surface area contributed by atoms with Gasteiger partial charge in [-0.05, 0) is 56.4 Å². The maximum Gasteiger partial charge on any atom is 0.287 e. The van der Waals surface area contributed by atoms with E-state index in [-0.39, 0.29) is 11.9 Å². The number of anilines is 1. The third-order valence-electron chi connectivity index (χ3n) is 6.05. The second-order valence-electron chi connectivity index (χ2n) is 7.77. The van der Waals surface area contributed by atoms with E-state index in [2.05, 4.69) is 33.7 Å². The van der Waals surface area contributed by atoms with Gasteiger partial charge >= 0.3 is 0 Å². The number of furan rings is 1. The van der Waals surface area contributed by atoms with Crippen LogP contribution in [0.1, 0.15) is 42.7 Å². The zero-order valence-electron chi connectivity index (χ0n) is 14.9. The molecule has 5 nitrogen and oxygen atoms in total. The fourth-order valence-electron chi connectivity index (χ4n) is 4.67. The molecule has 4 heterocycles. The number of rotatable bonds is 4. The Labute approximate surface area is 153 Å². The number of nitrogens with one attached hydrogen (secondary N) is 2. The van der Waals surface area contributed by atoms with Crippen LogP contribution >= 0.6 is 0 Å². The Hall–Kier alpha value is -2.27. The fourth-order valence-corrected chi connectivity index (χ4v) is 4.67. The summed E-state index contributed by atoms with van der Waals surface area (Å²) < 4.78 is 5.89. The molecule has 0 saturated carbocycles. The minimum atomic E-state index is -0.105. The highest BCUT2D eigenvalue weighted by molar-refractivity contribution is 5.92. The molecule has 3 aliphatic heterocycles. The van der Waals surface area contributed by atoms with E-state index < -0.39 is 0 Å². The minimum Gasteiger partial charge on any atom is -0.451 e. The summed E-state index contributed by atoms with van der Waals surface area (Å²) in [4.78, 5) is 15.0. The highest BCUT2D eigenvalue weighted by atomic mass is 16.3. The second kappa shape index (κ2) is 6.47. The highest BCUT2D eigenvalue weighted by Crippen LogP contribution is 2.30. The molecule has 2 aromatic rings. The molecule has 1 aromatic carbocycles. The van der Waals surface area contributed by atoms with Crippen LogP contribution in [0.4, 0.5) is 5.69 Å². The first-order valence-corrected chi connectivity index (χ1v) is 9.78. The minimum absolute atomic E-state index is 0.105. The van der Waals surface area contributed by atoms with E-state index in [4.69, 9.17) is 4.42 Å². The summed E-state index contributed by atoms with van der Waals surface area (Å²) in [5, 5.41) is 6.69. The van der Waals surface area contributed by atoms with E-state index in [1.165, 1.54) is 24.9 Å². The van der Waals surface area contributed by atoms with Crippen molar-refractivity contribution in [2.24, 2.45) is 0 Å². The van der Waals surface area contributed by atoms with Crippen molar-refractivity contribution in [3.63, 3.8) is 0 Å². The summed E-state index contributed by atoms with van der Waals surface area (Å²) >= 11 is 0. The Morgan fingerprint density at radius 1 is 1.15 bits per heavy atom. The molecular weight excluding hydrogens is 326 g/mol. The standard InChI is InChI=1S/C21H25N3O2/c25-21(23-18-13-15-6-7-17(18)22-15)20-9-8-19(26-20)14-4-3-5-16(12-14)24-10-1-2-11-24/h3-5,8-9,12,15,17-18,22H,1-2,6-7,10-11,13H2,(H,23,25)/t15-,17+,18-/m1/s1. The van der Waals surface area contributed by atoms with Gasteiger partial charge in [0.2, 0.25) is 0 Å². The van der Waals surface area contributed by atoms with Crippen molar-refractivity contribution in [2.75, 3.05) is 18.0 Å². The summed E-state index contributed by atoms with van der Waals surface area (Å²) in [7, 11) is 0. The lowest BCUT2D eigenvalue weighted by atomic mass is 9.95. The van der Waals surface area contributed by atoms with E-state index in [1.807, 2.05) is 12.1 Å². The number of hydrogen-bond donors (Lipinski definition) is 2. The molecule has 3 saturated heterocycles. The Bertz CT molecular complexity index is 809. The van der Waals surface area contributed by atoms with Gasteiger partial charge in [0.25, 0.3) is 5.91 Å². The number of fused-ring (bicyclic) bond motifs is 2. The van der Waals surface area contributed by atoms with Crippen LogP contribution in [0.15, 0.2) is 40.8 Å². The van der Waals surface area contributed by atoms with Crippen LogP contribution in [0.2, 0.25) is 0 Å². The Morgan fingerprint density at radius 3 is 2.81 bits per heavy atom. The molecule has 3 atom stereocenters. The number of amides is 1. The van der Waals surface area contributed by atoms with Crippen LogP contribution in [-0.4, -0.2) is 37.1 Å². The number of hydrogen-bond acceptors (Lipinski definition) is 4. The van der Waals surface area contributed by atoms with Crippen molar-refractivity contribution in [1.29, 1.82) is 0 Å². The predicted molar refractivity (Wildman–Crippen MR) is 101 cm³/mol. The van der Waals surface area contributed by atoms with Crippen LogP contribution in [0.3, 0.4) is 0 Å². The first kappa shape index (κ1) is 15.9. The molecule has 0 unspecified atom stereocenters.